The molecule has 1 amide bonds. The molecule has 7 nitrogen and oxygen atoms in total. The normalized spacial score (nSPS) is 10.0. The smallest absolute Gasteiger partial charge is 0.342 e. The average Bonchev–Trinajstić information content (AvgIpc) is 2.66. The lowest BCUT2D eigenvalue weighted by Crippen LogP contribution is -2.21. The first-order chi connectivity index (χ1) is 12.5. The molecule has 2 aromatic carbocycles. The Kier molecular flexibility index (Phi) is 6.43. The monoisotopic (exact) mass is 359 g/mol. The second-order valence-corrected chi connectivity index (χ2v) is 5.39. The van der Waals surface area contributed by atoms with Crippen LogP contribution in [0.5, 0.6) is 17.2 Å². The number of hydrogen-bond acceptors (Lipinski definition) is 6. The van der Waals surface area contributed by atoms with E-state index < -0.39 is 18.5 Å². The van der Waals surface area contributed by atoms with Crippen LogP contribution in [0.25, 0.3) is 0 Å². The Hall–Kier alpha value is -3.22. The van der Waals surface area contributed by atoms with Crippen molar-refractivity contribution in [1.82, 2.24) is 0 Å². The zero-order valence-corrected chi connectivity index (χ0v) is 15.1. The molecular weight excluding hydrogens is 338 g/mol. The standard InChI is InChI=1S/C19H21NO6/c1-12-5-8-16(24-3)14(9-12)19(22)26-11-18(21)20-15-7-6-13(23-2)10-17(15)25-4/h5-10H,11H2,1-4H3,(H,20,21). The van der Waals surface area contributed by atoms with Gasteiger partial charge in [-0.2, -0.15) is 0 Å². The quantitative estimate of drug-likeness (QED) is 0.766. The van der Waals surface area contributed by atoms with Crippen LogP contribution in [0.1, 0.15) is 15.9 Å². The zero-order valence-electron chi connectivity index (χ0n) is 15.1. The fraction of sp³-hybridized carbons (Fsp3) is 0.263. The Bertz CT molecular complexity index is 803. The van der Waals surface area contributed by atoms with Crippen LogP contribution in [0.4, 0.5) is 5.69 Å². The number of esters is 1. The molecule has 0 atom stereocenters. The van der Waals surface area contributed by atoms with Crippen LogP contribution in [-0.4, -0.2) is 39.8 Å². The van der Waals surface area contributed by atoms with Gasteiger partial charge in [0.1, 0.15) is 22.8 Å². The van der Waals surface area contributed by atoms with Crippen LogP contribution in [0.2, 0.25) is 0 Å². The van der Waals surface area contributed by atoms with Crippen LogP contribution in [0.3, 0.4) is 0 Å². The fourth-order valence-corrected chi connectivity index (χ4v) is 2.28. The molecule has 2 rings (SSSR count). The van der Waals surface area contributed by atoms with Gasteiger partial charge >= 0.3 is 5.97 Å². The Morgan fingerprint density at radius 3 is 2.31 bits per heavy atom. The highest BCUT2D eigenvalue weighted by atomic mass is 16.5. The lowest BCUT2D eigenvalue weighted by molar-refractivity contribution is -0.119. The van der Waals surface area contributed by atoms with Gasteiger partial charge in [-0.15, -0.1) is 0 Å². The van der Waals surface area contributed by atoms with Gasteiger partial charge < -0.3 is 24.3 Å². The molecule has 0 spiro atoms. The highest BCUT2D eigenvalue weighted by Crippen LogP contribution is 2.29. The lowest BCUT2D eigenvalue weighted by Gasteiger charge is -2.12. The number of hydrogen-bond donors (Lipinski definition) is 1. The number of nitrogens with one attached hydrogen (secondary N) is 1. The maximum atomic E-state index is 12.2. The molecule has 2 aromatic rings. The van der Waals surface area contributed by atoms with E-state index in [1.54, 1.807) is 30.3 Å². The number of amides is 1. The third-order valence-electron chi connectivity index (χ3n) is 3.59. The van der Waals surface area contributed by atoms with E-state index in [2.05, 4.69) is 5.32 Å². The fourth-order valence-electron chi connectivity index (χ4n) is 2.28. The second-order valence-electron chi connectivity index (χ2n) is 5.39. The summed E-state index contributed by atoms with van der Waals surface area (Å²) < 4.78 is 20.5. The molecule has 0 fully saturated rings. The first-order valence-corrected chi connectivity index (χ1v) is 7.82. The van der Waals surface area contributed by atoms with Gasteiger partial charge in [-0.25, -0.2) is 4.79 Å². The number of aryl methyl sites for hydroxylation is 1. The maximum Gasteiger partial charge on any atom is 0.342 e. The zero-order chi connectivity index (χ0) is 19.1. The van der Waals surface area contributed by atoms with Crippen LogP contribution in [0.15, 0.2) is 36.4 Å². The predicted octanol–water partition coefficient (Wildman–Crippen LogP) is 2.82. The first-order valence-electron chi connectivity index (χ1n) is 7.82. The van der Waals surface area contributed by atoms with Crippen LogP contribution >= 0.6 is 0 Å². The van der Waals surface area contributed by atoms with Gasteiger partial charge in [-0.05, 0) is 31.2 Å². The molecule has 0 aliphatic heterocycles. The van der Waals surface area contributed by atoms with Crippen LogP contribution < -0.4 is 19.5 Å². The number of carbonyl (C=O) groups excluding carboxylic acids is 2. The average molecular weight is 359 g/mol. The molecule has 0 saturated carbocycles. The number of methoxy groups -OCH3 is 3. The summed E-state index contributed by atoms with van der Waals surface area (Å²) in [6.07, 6.45) is 0. The minimum atomic E-state index is -0.637. The Morgan fingerprint density at radius 2 is 1.65 bits per heavy atom. The minimum absolute atomic E-state index is 0.266. The number of rotatable bonds is 7. The molecule has 138 valence electrons. The molecule has 7 heteroatoms. The van der Waals surface area contributed by atoms with E-state index in [0.29, 0.717) is 22.9 Å². The second kappa shape index (κ2) is 8.75. The van der Waals surface area contributed by atoms with E-state index in [1.165, 1.54) is 21.3 Å². The van der Waals surface area contributed by atoms with Gasteiger partial charge in [0, 0.05) is 6.07 Å². The highest BCUT2D eigenvalue weighted by molar-refractivity contribution is 5.97. The van der Waals surface area contributed by atoms with Gasteiger partial charge in [0.15, 0.2) is 6.61 Å². The third kappa shape index (κ3) is 4.66. The summed E-state index contributed by atoms with van der Waals surface area (Å²) in [4.78, 5) is 24.3. The first kappa shape index (κ1) is 19.1. The summed E-state index contributed by atoms with van der Waals surface area (Å²) >= 11 is 0. The summed E-state index contributed by atoms with van der Waals surface area (Å²) in [6.45, 7) is 1.41. The van der Waals surface area contributed by atoms with Gasteiger partial charge in [-0.1, -0.05) is 11.6 Å². The van der Waals surface area contributed by atoms with Crippen molar-refractivity contribution >= 4 is 17.6 Å². The van der Waals surface area contributed by atoms with Crippen molar-refractivity contribution in [1.29, 1.82) is 0 Å². The van der Waals surface area contributed by atoms with Gasteiger partial charge in [0.25, 0.3) is 5.91 Å². The number of carbonyl (C=O) groups is 2. The summed E-state index contributed by atoms with van der Waals surface area (Å²) in [5.74, 6) is 0.288. The highest BCUT2D eigenvalue weighted by Gasteiger charge is 2.16. The van der Waals surface area contributed by atoms with Crippen molar-refractivity contribution in [2.24, 2.45) is 0 Å². The van der Waals surface area contributed by atoms with Crippen molar-refractivity contribution in [2.75, 3.05) is 33.3 Å². The van der Waals surface area contributed by atoms with Crippen molar-refractivity contribution < 1.29 is 28.5 Å². The molecule has 0 bridgehead atoms. The summed E-state index contributed by atoms with van der Waals surface area (Å²) in [7, 11) is 4.48. The molecule has 0 saturated heterocycles. The topological polar surface area (TPSA) is 83.1 Å². The van der Waals surface area contributed by atoms with Crippen LogP contribution in [-0.2, 0) is 9.53 Å². The summed E-state index contributed by atoms with van der Waals surface area (Å²) in [5, 5.41) is 2.63. The largest absolute Gasteiger partial charge is 0.497 e. The Morgan fingerprint density at radius 1 is 0.923 bits per heavy atom. The Balaban J connectivity index is 2.01. The number of benzene rings is 2. The summed E-state index contributed by atoms with van der Waals surface area (Å²) in [5.41, 5.74) is 1.59. The molecular formula is C19H21NO6. The van der Waals surface area contributed by atoms with Gasteiger partial charge in [-0.3, -0.25) is 4.79 Å². The molecule has 0 aliphatic rings. The van der Waals surface area contributed by atoms with Crippen molar-refractivity contribution in [3.8, 4) is 17.2 Å². The van der Waals surface area contributed by atoms with Gasteiger partial charge in [0.05, 0.1) is 27.0 Å². The SMILES string of the molecule is COc1ccc(NC(=O)COC(=O)c2cc(C)ccc2OC)c(OC)c1. The van der Waals surface area contributed by atoms with Crippen molar-refractivity contribution in [3.63, 3.8) is 0 Å². The molecule has 0 unspecified atom stereocenters. The van der Waals surface area contributed by atoms with E-state index >= 15 is 0 Å². The van der Waals surface area contributed by atoms with Crippen molar-refractivity contribution in [3.05, 3.63) is 47.5 Å². The van der Waals surface area contributed by atoms with E-state index in [1.807, 2.05) is 13.0 Å². The molecule has 26 heavy (non-hydrogen) atoms. The third-order valence-corrected chi connectivity index (χ3v) is 3.59. The Labute approximate surface area is 151 Å². The summed E-state index contributed by atoms with van der Waals surface area (Å²) in [6, 6.07) is 10.1. The van der Waals surface area contributed by atoms with Gasteiger partial charge in [0.2, 0.25) is 0 Å². The minimum Gasteiger partial charge on any atom is -0.497 e. The lowest BCUT2D eigenvalue weighted by atomic mass is 10.1. The molecule has 0 aliphatic carbocycles. The van der Waals surface area contributed by atoms with E-state index in [9.17, 15) is 9.59 Å². The van der Waals surface area contributed by atoms with E-state index in [-0.39, 0.29) is 5.56 Å². The van der Waals surface area contributed by atoms with Crippen LogP contribution in [0, 0.1) is 6.92 Å². The maximum absolute atomic E-state index is 12.2. The van der Waals surface area contributed by atoms with E-state index in [4.69, 9.17) is 18.9 Å². The number of anilines is 1. The van der Waals surface area contributed by atoms with E-state index in [0.717, 1.165) is 5.56 Å². The molecule has 0 heterocycles. The molecule has 0 radical (unpaired) electrons. The molecule has 1 N–H and O–H groups in total. The number of ether oxygens (including phenoxy) is 4. The predicted molar refractivity (Wildman–Crippen MR) is 96.2 cm³/mol. The van der Waals surface area contributed by atoms with Crippen molar-refractivity contribution in [2.45, 2.75) is 6.92 Å². The molecule has 0 aromatic heterocycles.